The Kier molecular flexibility index (Phi) is 5.75. The highest BCUT2D eigenvalue weighted by atomic mass is 16.7. The Morgan fingerprint density at radius 3 is 2.58 bits per heavy atom. The quantitative estimate of drug-likeness (QED) is 0.136. The van der Waals surface area contributed by atoms with Crippen LogP contribution in [0.25, 0.3) is 22.3 Å². The number of aromatic nitrogens is 2. The average molecular weight is 543 g/mol. The number of nitro groups is 1. The Hall–Kier alpha value is -5.26. The molecule has 0 radical (unpaired) electrons. The van der Waals surface area contributed by atoms with E-state index in [-0.39, 0.29) is 47.7 Å². The lowest BCUT2D eigenvalue weighted by molar-refractivity contribution is -0.384. The molecule has 0 amide bonds. The highest BCUT2D eigenvalue weighted by Gasteiger charge is 2.51. The summed E-state index contributed by atoms with van der Waals surface area (Å²) in [6, 6.07) is 13.8. The Morgan fingerprint density at radius 1 is 1.12 bits per heavy atom. The molecular formula is C28H21N3O9. The molecule has 12 nitrogen and oxygen atoms in total. The first kappa shape index (κ1) is 25.0. The van der Waals surface area contributed by atoms with E-state index in [4.69, 9.17) is 23.9 Å². The monoisotopic (exact) mass is 543 g/mol. The van der Waals surface area contributed by atoms with Crippen LogP contribution >= 0.6 is 0 Å². The normalized spacial score (nSPS) is 16.9. The molecule has 4 heterocycles. The van der Waals surface area contributed by atoms with Gasteiger partial charge in [0.15, 0.2) is 0 Å². The van der Waals surface area contributed by atoms with Crippen molar-refractivity contribution in [2.24, 2.45) is 0 Å². The lowest BCUT2D eigenvalue weighted by Gasteiger charge is -2.35. The van der Waals surface area contributed by atoms with Gasteiger partial charge in [0.25, 0.3) is 11.2 Å². The van der Waals surface area contributed by atoms with Crippen molar-refractivity contribution in [1.29, 1.82) is 0 Å². The van der Waals surface area contributed by atoms with Gasteiger partial charge in [-0.25, -0.2) is 14.6 Å². The number of fused-ring (bicyclic) bond motifs is 5. The van der Waals surface area contributed by atoms with E-state index >= 15 is 0 Å². The summed E-state index contributed by atoms with van der Waals surface area (Å²) in [6.07, 6.45) is -1.28. The van der Waals surface area contributed by atoms with Crippen LogP contribution in [0.5, 0.6) is 11.5 Å². The van der Waals surface area contributed by atoms with Gasteiger partial charge in [0.2, 0.25) is 5.60 Å². The maximum absolute atomic E-state index is 13.6. The number of benzene rings is 2. The van der Waals surface area contributed by atoms with Crippen molar-refractivity contribution in [3.8, 4) is 22.9 Å². The third kappa shape index (κ3) is 3.83. The third-order valence-electron chi connectivity index (χ3n) is 7.19. The standard InChI is InChI=1S/C28H21N3O9/c1-3-28(40-27(34)39-18-6-4-17(5-7-18)31(35)36)21-12-23-24-16(10-15-11-19(37-2)8-9-22(15)29-24)13-30(23)25(32)20(21)14-38-26(28)33/h4-12H,3,13-14H2,1-2H3/t28-/m0/s1. The summed E-state index contributed by atoms with van der Waals surface area (Å²) < 4.78 is 23.0. The Balaban J connectivity index is 1.40. The van der Waals surface area contributed by atoms with E-state index in [0.29, 0.717) is 22.7 Å². The first-order valence-corrected chi connectivity index (χ1v) is 12.3. The van der Waals surface area contributed by atoms with E-state index in [2.05, 4.69) is 0 Å². The number of pyridine rings is 2. The molecule has 2 aromatic heterocycles. The summed E-state index contributed by atoms with van der Waals surface area (Å²) in [5, 5.41) is 11.7. The number of carbonyl (C=O) groups excluding carboxylic acids is 2. The first-order chi connectivity index (χ1) is 19.2. The number of hydrogen-bond acceptors (Lipinski definition) is 10. The van der Waals surface area contributed by atoms with E-state index in [1.54, 1.807) is 30.7 Å². The minimum atomic E-state index is -1.95. The minimum absolute atomic E-state index is 0.0260. The van der Waals surface area contributed by atoms with Crippen LogP contribution in [0.4, 0.5) is 10.5 Å². The summed E-state index contributed by atoms with van der Waals surface area (Å²) in [6.45, 7) is 1.61. The fourth-order valence-corrected chi connectivity index (χ4v) is 5.14. The third-order valence-corrected chi connectivity index (χ3v) is 7.19. The molecule has 40 heavy (non-hydrogen) atoms. The summed E-state index contributed by atoms with van der Waals surface area (Å²) in [5.41, 5.74) is 0.435. The minimum Gasteiger partial charge on any atom is -0.497 e. The van der Waals surface area contributed by atoms with Crippen LogP contribution < -0.4 is 15.0 Å². The van der Waals surface area contributed by atoms with Gasteiger partial charge in [0.05, 0.1) is 41.0 Å². The van der Waals surface area contributed by atoms with Gasteiger partial charge in [-0.05, 0) is 48.9 Å². The van der Waals surface area contributed by atoms with Crippen molar-refractivity contribution in [2.45, 2.75) is 32.1 Å². The van der Waals surface area contributed by atoms with Crippen molar-refractivity contribution < 1.29 is 33.5 Å². The van der Waals surface area contributed by atoms with Crippen LogP contribution in [0.3, 0.4) is 0 Å². The molecule has 0 saturated heterocycles. The Labute approximate surface area is 225 Å². The summed E-state index contributed by atoms with van der Waals surface area (Å²) >= 11 is 0. The molecular weight excluding hydrogens is 522 g/mol. The summed E-state index contributed by atoms with van der Waals surface area (Å²) in [5.74, 6) is -0.190. The van der Waals surface area contributed by atoms with Crippen LogP contribution in [0, 0.1) is 10.1 Å². The molecule has 2 aliphatic rings. The molecule has 6 rings (SSSR count). The first-order valence-electron chi connectivity index (χ1n) is 12.3. The SMILES string of the molecule is CC[C@@]1(OC(=O)Oc2ccc([N+](=O)[O-])cc2)C(=O)OCc2c1cc1n(c2=O)Cc2cc3cc(OC)ccc3nc2-1. The van der Waals surface area contributed by atoms with Crippen LogP contribution in [0.15, 0.2) is 59.4 Å². The maximum Gasteiger partial charge on any atom is 0.515 e. The zero-order valence-corrected chi connectivity index (χ0v) is 21.3. The second-order valence-electron chi connectivity index (χ2n) is 9.33. The molecule has 0 unspecified atom stereocenters. The number of ether oxygens (including phenoxy) is 4. The summed E-state index contributed by atoms with van der Waals surface area (Å²) in [4.78, 5) is 54.7. The van der Waals surface area contributed by atoms with E-state index in [0.717, 1.165) is 23.1 Å². The molecule has 0 saturated carbocycles. The van der Waals surface area contributed by atoms with E-state index in [1.807, 2.05) is 18.2 Å². The highest BCUT2D eigenvalue weighted by Crippen LogP contribution is 2.41. The number of nitrogens with zero attached hydrogens (tertiary/aromatic N) is 3. The number of nitro benzene ring substituents is 1. The zero-order chi connectivity index (χ0) is 28.2. The van der Waals surface area contributed by atoms with Crippen molar-refractivity contribution in [1.82, 2.24) is 9.55 Å². The van der Waals surface area contributed by atoms with Crippen LogP contribution in [-0.2, 0) is 33.0 Å². The molecule has 0 aliphatic carbocycles. The molecule has 0 bridgehead atoms. The number of methoxy groups -OCH3 is 1. The number of cyclic esters (lactones) is 1. The molecule has 1 atom stereocenters. The zero-order valence-electron chi connectivity index (χ0n) is 21.3. The largest absolute Gasteiger partial charge is 0.515 e. The summed E-state index contributed by atoms with van der Waals surface area (Å²) in [7, 11) is 1.58. The Bertz CT molecular complexity index is 1800. The van der Waals surface area contributed by atoms with E-state index < -0.39 is 22.6 Å². The van der Waals surface area contributed by atoms with Gasteiger partial charge in [0.1, 0.15) is 18.1 Å². The fourth-order valence-electron chi connectivity index (χ4n) is 5.14. The number of hydrogen-bond donors (Lipinski definition) is 0. The van der Waals surface area contributed by atoms with Crippen molar-refractivity contribution >= 4 is 28.7 Å². The van der Waals surface area contributed by atoms with Gasteiger partial charge in [0, 0.05) is 28.6 Å². The molecule has 0 spiro atoms. The van der Waals surface area contributed by atoms with Gasteiger partial charge in [-0.15, -0.1) is 0 Å². The lowest BCUT2D eigenvalue weighted by Crippen LogP contribution is -2.47. The molecule has 12 heteroatoms. The van der Waals surface area contributed by atoms with Crippen LogP contribution in [0.2, 0.25) is 0 Å². The van der Waals surface area contributed by atoms with Crippen LogP contribution in [0.1, 0.15) is 30.0 Å². The predicted octanol–water partition coefficient (Wildman–Crippen LogP) is 4.22. The fraction of sp³-hybridized carbons (Fsp3) is 0.214. The predicted molar refractivity (Wildman–Crippen MR) is 139 cm³/mol. The molecule has 4 aromatic rings. The average Bonchev–Trinajstić information content (AvgIpc) is 3.31. The van der Waals surface area contributed by atoms with Crippen molar-refractivity contribution in [3.05, 3.63) is 91.8 Å². The smallest absolute Gasteiger partial charge is 0.497 e. The number of non-ortho nitro benzene ring substituents is 1. The number of esters is 1. The second-order valence-corrected chi connectivity index (χ2v) is 9.33. The Morgan fingerprint density at radius 2 is 1.88 bits per heavy atom. The molecule has 2 aromatic carbocycles. The molecule has 0 N–H and O–H groups in total. The highest BCUT2D eigenvalue weighted by molar-refractivity contribution is 5.88. The van der Waals surface area contributed by atoms with E-state index in [1.165, 1.54) is 12.1 Å². The van der Waals surface area contributed by atoms with Gasteiger partial charge in [-0.3, -0.25) is 14.9 Å². The van der Waals surface area contributed by atoms with Crippen molar-refractivity contribution in [3.63, 3.8) is 0 Å². The molecule has 202 valence electrons. The van der Waals surface area contributed by atoms with Crippen LogP contribution in [-0.4, -0.2) is 33.7 Å². The van der Waals surface area contributed by atoms with Gasteiger partial charge >= 0.3 is 12.1 Å². The second kappa shape index (κ2) is 9.19. The lowest BCUT2D eigenvalue weighted by atomic mass is 9.85. The van der Waals surface area contributed by atoms with Crippen molar-refractivity contribution in [2.75, 3.05) is 7.11 Å². The van der Waals surface area contributed by atoms with E-state index in [9.17, 15) is 24.5 Å². The van der Waals surface area contributed by atoms with Gasteiger partial charge < -0.3 is 23.5 Å². The molecule has 0 fully saturated rings. The van der Waals surface area contributed by atoms with Gasteiger partial charge in [-0.1, -0.05) is 6.92 Å². The number of rotatable bonds is 5. The maximum atomic E-state index is 13.6. The van der Waals surface area contributed by atoms with Gasteiger partial charge in [-0.2, -0.15) is 0 Å². The topological polar surface area (TPSA) is 149 Å². The number of carbonyl (C=O) groups is 2. The molecule has 2 aliphatic heterocycles.